The number of carboxylic acid groups (broad SMARTS) is 1. The lowest BCUT2D eigenvalue weighted by Crippen LogP contribution is -2.35. The van der Waals surface area contributed by atoms with E-state index >= 15 is 0 Å². The van der Waals surface area contributed by atoms with E-state index in [4.69, 9.17) is 5.11 Å². The highest BCUT2D eigenvalue weighted by molar-refractivity contribution is 5.74. The minimum atomic E-state index is -0.822. The Labute approximate surface area is 119 Å². The highest BCUT2D eigenvalue weighted by Gasteiger charge is 2.17. The van der Waals surface area contributed by atoms with E-state index in [2.05, 4.69) is 23.5 Å². The summed E-state index contributed by atoms with van der Waals surface area (Å²) in [4.78, 5) is 11.1. The molecule has 2 N–H and O–H groups in total. The second kappa shape index (κ2) is 6.35. The van der Waals surface area contributed by atoms with Crippen LogP contribution in [0.15, 0.2) is 48.5 Å². The highest BCUT2D eigenvalue weighted by Crippen LogP contribution is 2.26. The third-order valence-electron chi connectivity index (χ3n) is 3.60. The van der Waals surface area contributed by atoms with Crippen molar-refractivity contribution in [1.82, 2.24) is 5.32 Å². The molecule has 20 heavy (non-hydrogen) atoms. The number of likely N-dealkylation sites (N-methyl/N-ethyl adjacent to an activating group) is 1. The number of aliphatic carboxylic acids is 1. The molecule has 0 aromatic heterocycles. The number of nitrogens with one attached hydrogen (secondary N) is 1. The van der Waals surface area contributed by atoms with E-state index < -0.39 is 12.0 Å². The van der Waals surface area contributed by atoms with Gasteiger partial charge in [-0.25, -0.2) is 0 Å². The van der Waals surface area contributed by atoms with Gasteiger partial charge in [-0.15, -0.1) is 0 Å². The third-order valence-corrected chi connectivity index (χ3v) is 3.60. The maximum atomic E-state index is 11.1. The van der Waals surface area contributed by atoms with Crippen molar-refractivity contribution >= 4 is 5.97 Å². The molecule has 3 heteroatoms. The fourth-order valence-electron chi connectivity index (χ4n) is 2.37. The molecule has 2 aromatic rings. The van der Waals surface area contributed by atoms with Gasteiger partial charge in [-0.3, -0.25) is 4.79 Å². The first-order valence-corrected chi connectivity index (χ1v) is 6.67. The number of hydrogen-bond acceptors (Lipinski definition) is 2. The summed E-state index contributed by atoms with van der Waals surface area (Å²) < 4.78 is 0. The SMILES string of the molecule is CN[C@@H](Cc1cccc(-c2ccccc2)c1C)C(=O)O. The Kier molecular flexibility index (Phi) is 4.53. The largest absolute Gasteiger partial charge is 0.480 e. The maximum Gasteiger partial charge on any atom is 0.321 e. The summed E-state index contributed by atoms with van der Waals surface area (Å²) in [6.07, 6.45) is 0.484. The van der Waals surface area contributed by atoms with Crippen LogP contribution in [0.5, 0.6) is 0 Å². The average Bonchev–Trinajstić information content (AvgIpc) is 2.46. The van der Waals surface area contributed by atoms with Gasteiger partial charge in [0.1, 0.15) is 6.04 Å². The summed E-state index contributed by atoms with van der Waals surface area (Å²) >= 11 is 0. The first kappa shape index (κ1) is 14.3. The van der Waals surface area contributed by atoms with Crippen molar-refractivity contribution in [1.29, 1.82) is 0 Å². The van der Waals surface area contributed by atoms with E-state index in [-0.39, 0.29) is 0 Å². The average molecular weight is 269 g/mol. The van der Waals surface area contributed by atoms with E-state index in [0.29, 0.717) is 6.42 Å². The fourth-order valence-corrected chi connectivity index (χ4v) is 2.37. The first-order chi connectivity index (χ1) is 9.63. The van der Waals surface area contributed by atoms with Crippen LogP contribution in [0.3, 0.4) is 0 Å². The van der Waals surface area contributed by atoms with Crippen molar-refractivity contribution < 1.29 is 9.90 Å². The molecule has 0 amide bonds. The van der Waals surface area contributed by atoms with Gasteiger partial charge in [-0.05, 0) is 42.6 Å². The molecule has 2 aromatic carbocycles. The number of benzene rings is 2. The van der Waals surface area contributed by atoms with Gasteiger partial charge in [0.05, 0.1) is 0 Å². The summed E-state index contributed by atoms with van der Waals surface area (Å²) in [6, 6.07) is 15.6. The van der Waals surface area contributed by atoms with E-state index in [1.165, 1.54) is 0 Å². The van der Waals surface area contributed by atoms with Gasteiger partial charge in [-0.2, -0.15) is 0 Å². The summed E-state index contributed by atoms with van der Waals surface area (Å²) in [7, 11) is 1.68. The topological polar surface area (TPSA) is 49.3 Å². The Balaban J connectivity index is 2.35. The Morgan fingerprint density at radius 1 is 1.15 bits per heavy atom. The molecule has 0 radical (unpaired) electrons. The second-order valence-electron chi connectivity index (χ2n) is 4.84. The van der Waals surface area contributed by atoms with Crippen LogP contribution < -0.4 is 5.32 Å². The van der Waals surface area contributed by atoms with Crippen molar-refractivity contribution in [2.24, 2.45) is 0 Å². The summed E-state index contributed by atoms with van der Waals surface area (Å²) in [6.45, 7) is 2.05. The molecule has 0 saturated heterocycles. The third kappa shape index (κ3) is 3.06. The molecule has 0 aliphatic heterocycles. The van der Waals surface area contributed by atoms with Gasteiger partial charge >= 0.3 is 5.97 Å². The van der Waals surface area contributed by atoms with Gasteiger partial charge in [-0.1, -0.05) is 48.5 Å². The molecule has 0 saturated carbocycles. The smallest absolute Gasteiger partial charge is 0.321 e. The van der Waals surface area contributed by atoms with Crippen LogP contribution >= 0.6 is 0 Å². The van der Waals surface area contributed by atoms with Crippen molar-refractivity contribution in [3.63, 3.8) is 0 Å². The van der Waals surface area contributed by atoms with Gasteiger partial charge in [0.15, 0.2) is 0 Å². The van der Waals surface area contributed by atoms with Crippen LogP contribution in [0.25, 0.3) is 11.1 Å². The summed E-state index contributed by atoms with van der Waals surface area (Å²) in [5, 5.41) is 12.0. The van der Waals surface area contributed by atoms with Gasteiger partial charge in [0.25, 0.3) is 0 Å². The van der Waals surface area contributed by atoms with Crippen LogP contribution in [0.4, 0.5) is 0 Å². The Bertz CT molecular complexity index is 593. The molecule has 0 heterocycles. The zero-order chi connectivity index (χ0) is 14.5. The van der Waals surface area contributed by atoms with Crippen LogP contribution in [-0.4, -0.2) is 24.2 Å². The van der Waals surface area contributed by atoms with E-state index in [9.17, 15) is 4.79 Å². The molecule has 1 atom stereocenters. The Hall–Kier alpha value is -2.13. The van der Waals surface area contributed by atoms with E-state index in [1.54, 1.807) is 7.05 Å². The molecule has 0 spiro atoms. The molecule has 0 aliphatic rings. The molecule has 0 fully saturated rings. The van der Waals surface area contributed by atoms with Crippen LogP contribution in [-0.2, 0) is 11.2 Å². The maximum absolute atomic E-state index is 11.1. The molecule has 0 unspecified atom stereocenters. The number of hydrogen-bond donors (Lipinski definition) is 2. The second-order valence-corrected chi connectivity index (χ2v) is 4.84. The van der Waals surface area contributed by atoms with Crippen LogP contribution in [0.1, 0.15) is 11.1 Å². The van der Waals surface area contributed by atoms with Crippen molar-refractivity contribution in [2.45, 2.75) is 19.4 Å². The van der Waals surface area contributed by atoms with Gasteiger partial charge in [0.2, 0.25) is 0 Å². The van der Waals surface area contributed by atoms with Crippen molar-refractivity contribution in [3.05, 3.63) is 59.7 Å². The van der Waals surface area contributed by atoms with Gasteiger partial charge in [0, 0.05) is 0 Å². The van der Waals surface area contributed by atoms with Gasteiger partial charge < -0.3 is 10.4 Å². The fraction of sp³-hybridized carbons (Fsp3) is 0.235. The molecule has 104 valence electrons. The number of carboxylic acids is 1. The predicted octanol–water partition coefficient (Wildman–Crippen LogP) is 2.88. The van der Waals surface area contributed by atoms with E-state index in [0.717, 1.165) is 22.3 Å². The zero-order valence-corrected chi connectivity index (χ0v) is 11.8. The Morgan fingerprint density at radius 2 is 1.85 bits per heavy atom. The number of carbonyl (C=O) groups is 1. The van der Waals surface area contributed by atoms with Crippen LogP contribution in [0, 0.1) is 6.92 Å². The normalized spacial score (nSPS) is 12.1. The quantitative estimate of drug-likeness (QED) is 0.877. The number of rotatable bonds is 5. The highest BCUT2D eigenvalue weighted by atomic mass is 16.4. The van der Waals surface area contributed by atoms with Crippen molar-refractivity contribution in [2.75, 3.05) is 7.05 Å². The molecule has 0 bridgehead atoms. The lowest BCUT2D eigenvalue weighted by molar-refractivity contribution is -0.139. The zero-order valence-electron chi connectivity index (χ0n) is 11.8. The lowest BCUT2D eigenvalue weighted by atomic mass is 9.93. The standard InChI is InChI=1S/C17H19NO2/c1-12-14(11-16(18-2)17(19)20)9-6-10-15(12)13-7-4-3-5-8-13/h3-10,16,18H,11H2,1-2H3,(H,19,20)/t16-/m0/s1. The monoisotopic (exact) mass is 269 g/mol. The molecule has 0 aliphatic carbocycles. The minimum Gasteiger partial charge on any atom is -0.480 e. The van der Waals surface area contributed by atoms with Crippen molar-refractivity contribution in [3.8, 4) is 11.1 Å². The summed E-state index contributed by atoms with van der Waals surface area (Å²) in [5.74, 6) is -0.822. The minimum absolute atomic E-state index is 0.484. The molecule has 2 rings (SSSR count). The predicted molar refractivity (Wildman–Crippen MR) is 80.8 cm³/mol. The van der Waals surface area contributed by atoms with Crippen LogP contribution in [0.2, 0.25) is 0 Å². The van der Waals surface area contributed by atoms with E-state index in [1.807, 2.05) is 37.3 Å². The Morgan fingerprint density at radius 3 is 2.45 bits per heavy atom. The molecule has 3 nitrogen and oxygen atoms in total. The first-order valence-electron chi connectivity index (χ1n) is 6.67. The summed E-state index contributed by atoms with van der Waals surface area (Å²) in [5.41, 5.74) is 4.51. The molecular weight excluding hydrogens is 250 g/mol. The lowest BCUT2D eigenvalue weighted by Gasteiger charge is -2.15. The molecular formula is C17H19NO2.